The number of methoxy groups -OCH3 is 1. The zero-order valence-corrected chi connectivity index (χ0v) is 10.3. The lowest BCUT2D eigenvalue weighted by Crippen LogP contribution is -2.18. The number of hydrogen-bond donors (Lipinski definition) is 1. The van der Waals surface area contributed by atoms with E-state index in [1.54, 1.807) is 19.2 Å². The molecule has 2 rings (SSSR count). The van der Waals surface area contributed by atoms with Crippen LogP contribution in [0.2, 0.25) is 0 Å². The van der Waals surface area contributed by atoms with Gasteiger partial charge in [0, 0.05) is 6.07 Å². The number of ether oxygens (including phenoxy) is 3. The number of nitrogens with two attached hydrogens (primary N) is 1. The minimum atomic E-state index is 0.176. The fraction of sp³-hybridized carbons (Fsp3) is 0.538. The van der Waals surface area contributed by atoms with Crippen molar-refractivity contribution in [1.29, 1.82) is 0 Å². The molecule has 0 bridgehead atoms. The molecule has 1 aliphatic heterocycles. The second-order valence-electron chi connectivity index (χ2n) is 4.36. The highest BCUT2D eigenvalue weighted by Gasteiger charge is 2.22. The van der Waals surface area contributed by atoms with Crippen LogP contribution in [0.3, 0.4) is 0 Å². The van der Waals surface area contributed by atoms with E-state index >= 15 is 0 Å². The fourth-order valence-corrected chi connectivity index (χ4v) is 1.96. The van der Waals surface area contributed by atoms with Gasteiger partial charge in [0.15, 0.2) is 0 Å². The van der Waals surface area contributed by atoms with Crippen LogP contribution in [-0.2, 0) is 4.74 Å². The smallest absolute Gasteiger partial charge is 0.146 e. The van der Waals surface area contributed by atoms with Gasteiger partial charge in [0.2, 0.25) is 0 Å². The molecular weight excluding hydrogens is 218 g/mol. The third-order valence-corrected chi connectivity index (χ3v) is 2.97. The molecular formula is C13H19NO3. The molecule has 0 radical (unpaired) electrons. The zero-order chi connectivity index (χ0) is 12.3. The van der Waals surface area contributed by atoms with E-state index in [0.29, 0.717) is 24.1 Å². The third-order valence-electron chi connectivity index (χ3n) is 2.97. The first-order valence-corrected chi connectivity index (χ1v) is 5.91. The van der Waals surface area contributed by atoms with Gasteiger partial charge in [-0.05, 0) is 31.9 Å². The van der Waals surface area contributed by atoms with Gasteiger partial charge in [-0.2, -0.15) is 0 Å². The summed E-state index contributed by atoms with van der Waals surface area (Å²) < 4.78 is 16.5. The molecule has 0 aliphatic carbocycles. The summed E-state index contributed by atoms with van der Waals surface area (Å²) in [6.07, 6.45) is 2.66. The van der Waals surface area contributed by atoms with Crippen molar-refractivity contribution >= 4 is 5.69 Å². The Morgan fingerprint density at radius 2 is 2.24 bits per heavy atom. The monoisotopic (exact) mass is 237 g/mol. The first kappa shape index (κ1) is 12.0. The molecule has 4 heteroatoms. The van der Waals surface area contributed by atoms with Crippen LogP contribution in [0.4, 0.5) is 5.69 Å². The summed E-state index contributed by atoms with van der Waals surface area (Å²) in [6.45, 7) is 2.63. The SMILES string of the molecule is COc1ccc(N)c(OCC2CCC(C)O2)c1. The summed E-state index contributed by atoms with van der Waals surface area (Å²) in [7, 11) is 1.62. The zero-order valence-electron chi connectivity index (χ0n) is 10.3. The van der Waals surface area contributed by atoms with Crippen LogP contribution in [-0.4, -0.2) is 25.9 Å². The van der Waals surface area contributed by atoms with Crippen molar-refractivity contribution in [2.24, 2.45) is 0 Å². The van der Waals surface area contributed by atoms with Crippen molar-refractivity contribution in [3.05, 3.63) is 18.2 Å². The van der Waals surface area contributed by atoms with Gasteiger partial charge in [-0.1, -0.05) is 0 Å². The van der Waals surface area contributed by atoms with Gasteiger partial charge in [-0.25, -0.2) is 0 Å². The highest BCUT2D eigenvalue weighted by molar-refractivity contribution is 5.55. The van der Waals surface area contributed by atoms with Gasteiger partial charge in [0.1, 0.15) is 18.1 Å². The Morgan fingerprint density at radius 1 is 1.41 bits per heavy atom. The second kappa shape index (κ2) is 5.27. The average Bonchev–Trinajstić information content (AvgIpc) is 2.74. The molecule has 4 nitrogen and oxygen atoms in total. The van der Waals surface area contributed by atoms with Crippen LogP contribution < -0.4 is 15.2 Å². The number of nitrogen functional groups attached to an aromatic ring is 1. The van der Waals surface area contributed by atoms with Crippen molar-refractivity contribution in [3.8, 4) is 11.5 Å². The van der Waals surface area contributed by atoms with Gasteiger partial charge in [-0.3, -0.25) is 0 Å². The summed E-state index contributed by atoms with van der Waals surface area (Å²) in [5.74, 6) is 1.41. The molecule has 2 N–H and O–H groups in total. The van der Waals surface area contributed by atoms with Gasteiger partial charge in [-0.15, -0.1) is 0 Å². The van der Waals surface area contributed by atoms with E-state index in [4.69, 9.17) is 19.9 Å². The Hall–Kier alpha value is -1.42. The van der Waals surface area contributed by atoms with E-state index in [9.17, 15) is 0 Å². The molecule has 2 unspecified atom stereocenters. The van der Waals surface area contributed by atoms with Gasteiger partial charge >= 0.3 is 0 Å². The van der Waals surface area contributed by atoms with Crippen LogP contribution in [0.15, 0.2) is 18.2 Å². The van der Waals surface area contributed by atoms with Crippen LogP contribution >= 0.6 is 0 Å². The second-order valence-corrected chi connectivity index (χ2v) is 4.36. The Morgan fingerprint density at radius 3 is 2.88 bits per heavy atom. The summed E-state index contributed by atoms with van der Waals surface area (Å²) >= 11 is 0. The van der Waals surface area contributed by atoms with Crippen molar-refractivity contribution in [3.63, 3.8) is 0 Å². The third kappa shape index (κ3) is 3.03. The Labute approximate surface area is 102 Å². The maximum atomic E-state index is 5.83. The van der Waals surface area contributed by atoms with E-state index in [-0.39, 0.29) is 6.10 Å². The van der Waals surface area contributed by atoms with Gasteiger partial charge < -0.3 is 19.9 Å². The van der Waals surface area contributed by atoms with E-state index in [0.717, 1.165) is 18.6 Å². The van der Waals surface area contributed by atoms with Crippen LogP contribution in [0.25, 0.3) is 0 Å². The lowest BCUT2D eigenvalue weighted by molar-refractivity contribution is 0.0266. The lowest BCUT2D eigenvalue weighted by atomic mass is 10.2. The maximum absolute atomic E-state index is 5.83. The predicted molar refractivity (Wildman–Crippen MR) is 66.5 cm³/mol. The quantitative estimate of drug-likeness (QED) is 0.816. The summed E-state index contributed by atoms with van der Waals surface area (Å²) in [5, 5.41) is 0. The van der Waals surface area contributed by atoms with Crippen LogP contribution in [0.1, 0.15) is 19.8 Å². The molecule has 17 heavy (non-hydrogen) atoms. The van der Waals surface area contributed by atoms with E-state index in [1.165, 1.54) is 0 Å². The van der Waals surface area contributed by atoms with Gasteiger partial charge in [0.25, 0.3) is 0 Å². The average molecular weight is 237 g/mol. The fourth-order valence-electron chi connectivity index (χ4n) is 1.96. The standard InChI is InChI=1S/C13H19NO3/c1-9-3-4-11(17-9)8-16-13-7-10(15-2)5-6-12(13)14/h5-7,9,11H,3-4,8,14H2,1-2H3. The molecule has 1 fully saturated rings. The van der Waals surface area contributed by atoms with Crippen molar-refractivity contribution in [1.82, 2.24) is 0 Å². The first-order chi connectivity index (χ1) is 8.19. The molecule has 1 heterocycles. The van der Waals surface area contributed by atoms with Crippen LogP contribution in [0.5, 0.6) is 11.5 Å². The minimum absolute atomic E-state index is 0.176. The Kier molecular flexibility index (Phi) is 3.74. The molecule has 0 saturated carbocycles. The number of anilines is 1. The summed E-state index contributed by atoms with van der Waals surface area (Å²) in [5.41, 5.74) is 6.46. The molecule has 1 saturated heterocycles. The summed E-state index contributed by atoms with van der Waals surface area (Å²) in [4.78, 5) is 0. The van der Waals surface area contributed by atoms with Crippen molar-refractivity contribution < 1.29 is 14.2 Å². The van der Waals surface area contributed by atoms with Crippen molar-refractivity contribution in [2.45, 2.75) is 32.0 Å². The van der Waals surface area contributed by atoms with E-state index < -0.39 is 0 Å². The number of benzene rings is 1. The highest BCUT2D eigenvalue weighted by atomic mass is 16.5. The number of rotatable bonds is 4. The topological polar surface area (TPSA) is 53.7 Å². The van der Waals surface area contributed by atoms with Gasteiger partial charge in [0.05, 0.1) is 25.0 Å². The number of hydrogen-bond acceptors (Lipinski definition) is 4. The molecule has 0 aromatic heterocycles. The molecule has 0 amide bonds. The molecule has 2 atom stereocenters. The molecule has 1 aromatic rings. The Bertz CT molecular complexity index is 381. The highest BCUT2D eigenvalue weighted by Crippen LogP contribution is 2.28. The normalized spacial score (nSPS) is 23.6. The Balaban J connectivity index is 1.94. The van der Waals surface area contributed by atoms with E-state index in [1.807, 2.05) is 6.07 Å². The van der Waals surface area contributed by atoms with Crippen molar-refractivity contribution in [2.75, 3.05) is 19.5 Å². The minimum Gasteiger partial charge on any atom is -0.497 e. The summed E-state index contributed by atoms with van der Waals surface area (Å²) in [6, 6.07) is 5.40. The molecule has 94 valence electrons. The van der Waals surface area contributed by atoms with Crippen LogP contribution in [0, 0.1) is 0 Å². The molecule has 0 spiro atoms. The predicted octanol–water partition coefficient (Wildman–Crippen LogP) is 2.22. The molecule has 1 aromatic carbocycles. The van der Waals surface area contributed by atoms with E-state index in [2.05, 4.69) is 6.92 Å². The first-order valence-electron chi connectivity index (χ1n) is 5.91. The lowest BCUT2D eigenvalue weighted by Gasteiger charge is -2.14. The maximum Gasteiger partial charge on any atom is 0.146 e. The molecule has 1 aliphatic rings. The largest absolute Gasteiger partial charge is 0.497 e.